The molecule has 0 aromatic heterocycles. The first kappa shape index (κ1) is 17.3. The van der Waals surface area contributed by atoms with E-state index in [1.165, 1.54) is 6.08 Å². The zero-order chi connectivity index (χ0) is 15.8. The van der Waals surface area contributed by atoms with E-state index in [1.807, 2.05) is 20.8 Å². The lowest BCUT2D eigenvalue weighted by Crippen LogP contribution is -2.42. The molecular formula is C11H18F3NO4S. The molecule has 0 saturated heterocycles. The minimum Gasteiger partial charge on any atom is -0.381 e. The van der Waals surface area contributed by atoms with Crippen molar-refractivity contribution in [3.63, 3.8) is 0 Å². The Hall–Kier alpha value is -0.800. The van der Waals surface area contributed by atoms with Crippen LogP contribution in [0.3, 0.4) is 0 Å². The molecule has 20 heavy (non-hydrogen) atoms. The van der Waals surface area contributed by atoms with Gasteiger partial charge >= 0.3 is 15.6 Å². The van der Waals surface area contributed by atoms with Gasteiger partial charge in [-0.3, -0.25) is 4.84 Å². The highest BCUT2D eigenvalue weighted by atomic mass is 32.2. The van der Waals surface area contributed by atoms with E-state index in [9.17, 15) is 21.6 Å². The molecule has 0 N–H and O–H groups in total. The summed E-state index contributed by atoms with van der Waals surface area (Å²) in [7, 11) is -5.60. The molecule has 1 rings (SSSR count). The second-order valence-corrected chi connectivity index (χ2v) is 7.05. The molecule has 0 bridgehead atoms. The highest BCUT2D eigenvalue weighted by Gasteiger charge is 2.49. The lowest BCUT2D eigenvalue weighted by atomic mass is 10.1. The van der Waals surface area contributed by atoms with Gasteiger partial charge < -0.3 is 4.18 Å². The normalized spacial score (nSPS) is 22.6. The van der Waals surface area contributed by atoms with Gasteiger partial charge in [-0.2, -0.15) is 26.7 Å². The molecule has 0 amide bonds. The average Bonchev–Trinajstić information content (AvgIpc) is 2.18. The molecule has 118 valence electrons. The van der Waals surface area contributed by atoms with Crippen molar-refractivity contribution in [2.24, 2.45) is 0 Å². The lowest BCUT2D eigenvalue weighted by Gasteiger charge is -2.36. The molecule has 0 radical (unpaired) electrons. The third-order valence-corrected chi connectivity index (χ3v) is 3.38. The summed E-state index contributed by atoms with van der Waals surface area (Å²) in [5, 5.41) is 1.58. The van der Waals surface area contributed by atoms with Crippen LogP contribution in [-0.4, -0.2) is 37.2 Å². The van der Waals surface area contributed by atoms with Gasteiger partial charge in [-0.15, -0.1) is 0 Å². The van der Waals surface area contributed by atoms with Gasteiger partial charge in [0.2, 0.25) is 0 Å². The Morgan fingerprint density at radius 1 is 1.30 bits per heavy atom. The second kappa shape index (κ2) is 5.53. The van der Waals surface area contributed by atoms with Crippen LogP contribution in [0.4, 0.5) is 13.2 Å². The molecular weight excluding hydrogens is 299 g/mol. The van der Waals surface area contributed by atoms with Crippen molar-refractivity contribution in [2.45, 2.75) is 51.3 Å². The number of hydrogen-bond acceptors (Lipinski definition) is 5. The summed E-state index contributed by atoms with van der Waals surface area (Å²) in [6, 6.07) is -0.294. The molecule has 0 saturated carbocycles. The Bertz CT molecular complexity index is 479. The van der Waals surface area contributed by atoms with E-state index in [1.54, 1.807) is 12.0 Å². The summed E-state index contributed by atoms with van der Waals surface area (Å²) in [6.45, 7) is 7.38. The Balaban J connectivity index is 2.75. The van der Waals surface area contributed by atoms with Crippen LogP contribution in [0.2, 0.25) is 0 Å². The van der Waals surface area contributed by atoms with Gasteiger partial charge in [0.25, 0.3) is 0 Å². The number of hydroxylamine groups is 2. The Labute approximate surface area is 116 Å². The molecule has 1 aliphatic rings. The van der Waals surface area contributed by atoms with Gasteiger partial charge in [0.15, 0.2) is 0 Å². The van der Waals surface area contributed by atoms with E-state index >= 15 is 0 Å². The van der Waals surface area contributed by atoms with Crippen LogP contribution >= 0.6 is 0 Å². The van der Waals surface area contributed by atoms with Crippen molar-refractivity contribution in [3.05, 3.63) is 11.8 Å². The highest BCUT2D eigenvalue weighted by molar-refractivity contribution is 7.87. The quantitative estimate of drug-likeness (QED) is 0.591. The Morgan fingerprint density at radius 3 is 2.25 bits per heavy atom. The van der Waals surface area contributed by atoms with Crippen molar-refractivity contribution in [1.82, 2.24) is 5.06 Å². The van der Waals surface area contributed by atoms with Gasteiger partial charge in [0.05, 0.1) is 5.60 Å². The third-order valence-electron chi connectivity index (χ3n) is 2.38. The topological polar surface area (TPSA) is 55.8 Å². The number of alkyl halides is 3. The predicted molar refractivity (Wildman–Crippen MR) is 65.8 cm³/mol. The zero-order valence-electron chi connectivity index (χ0n) is 11.7. The fraction of sp³-hybridized carbons (Fsp3) is 0.818. The van der Waals surface area contributed by atoms with Crippen molar-refractivity contribution < 1.29 is 30.6 Å². The molecule has 1 aliphatic heterocycles. The van der Waals surface area contributed by atoms with Crippen LogP contribution in [0.5, 0.6) is 0 Å². The molecule has 0 aliphatic carbocycles. The summed E-state index contributed by atoms with van der Waals surface area (Å²) in [5.41, 5.74) is -5.87. The van der Waals surface area contributed by atoms with Crippen molar-refractivity contribution in [1.29, 1.82) is 0 Å². The Kier molecular flexibility index (Phi) is 4.77. The summed E-state index contributed by atoms with van der Waals surface area (Å²) < 4.78 is 62.6. The van der Waals surface area contributed by atoms with Crippen molar-refractivity contribution in [2.75, 3.05) is 6.54 Å². The van der Waals surface area contributed by atoms with Gasteiger partial charge in [0, 0.05) is 19.0 Å². The smallest absolute Gasteiger partial charge is 0.381 e. The van der Waals surface area contributed by atoms with E-state index in [2.05, 4.69) is 4.18 Å². The van der Waals surface area contributed by atoms with E-state index in [0.717, 1.165) is 0 Å². The van der Waals surface area contributed by atoms with E-state index in [-0.39, 0.29) is 24.8 Å². The lowest BCUT2D eigenvalue weighted by molar-refractivity contribution is -0.244. The first-order chi connectivity index (χ1) is 8.82. The van der Waals surface area contributed by atoms with Crippen molar-refractivity contribution >= 4 is 10.1 Å². The van der Waals surface area contributed by atoms with Gasteiger partial charge in [-0.05, 0) is 33.8 Å². The largest absolute Gasteiger partial charge is 0.534 e. The molecule has 1 atom stereocenters. The first-order valence-electron chi connectivity index (χ1n) is 5.97. The average molecular weight is 317 g/mol. The summed E-state index contributed by atoms with van der Waals surface area (Å²) in [6.07, 6.45) is 1.29. The predicted octanol–water partition coefficient (Wildman–Crippen LogP) is 2.56. The van der Waals surface area contributed by atoms with E-state index in [4.69, 9.17) is 4.84 Å². The van der Waals surface area contributed by atoms with Crippen LogP contribution in [0.1, 0.15) is 34.1 Å². The second-order valence-electron chi connectivity index (χ2n) is 5.51. The number of halogens is 3. The monoisotopic (exact) mass is 317 g/mol. The van der Waals surface area contributed by atoms with Crippen molar-refractivity contribution in [3.8, 4) is 0 Å². The first-order valence-corrected chi connectivity index (χ1v) is 7.38. The summed E-state index contributed by atoms with van der Waals surface area (Å²) in [4.78, 5) is 5.60. The van der Waals surface area contributed by atoms with Gasteiger partial charge in [-0.1, -0.05) is 0 Å². The number of nitrogens with zero attached hydrogens (tertiary/aromatic N) is 1. The molecule has 0 aromatic carbocycles. The van der Waals surface area contributed by atoms with Crippen LogP contribution in [0, 0.1) is 0 Å². The fourth-order valence-electron chi connectivity index (χ4n) is 1.58. The molecule has 0 spiro atoms. The molecule has 1 unspecified atom stereocenters. The molecule has 0 aromatic rings. The minimum atomic E-state index is -5.60. The maximum absolute atomic E-state index is 12.2. The van der Waals surface area contributed by atoms with E-state index in [0.29, 0.717) is 0 Å². The zero-order valence-corrected chi connectivity index (χ0v) is 12.5. The summed E-state index contributed by atoms with van der Waals surface area (Å²) >= 11 is 0. The van der Waals surface area contributed by atoms with Crippen LogP contribution in [0.25, 0.3) is 0 Å². The fourth-order valence-corrected chi connectivity index (χ4v) is 2.10. The molecule has 9 heteroatoms. The third kappa shape index (κ3) is 4.64. The molecule has 0 fully saturated rings. The Morgan fingerprint density at radius 2 is 1.85 bits per heavy atom. The SMILES string of the molecule is CC1CC(OS(=O)(=O)C(F)(F)F)=CCN1OC(C)(C)C. The van der Waals surface area contributed by atoms with Crippen LogP contribution in [0.15, 0.2) is 11.8 Å². The molecule has 5 nitrogen and oxygen atoms in total. The van der Waals surface area contributed by atoms with Gasteiger partial charge in [0.1, 0.15) is 5.76 Å². The van der Waals surface area contributed by atoms with Crippen LogP contribution in [-0.2, 0) is 19.1 Å². The minimum absolute atomic E-state index is 0.0192. The maximum Gasteiger partial charge on any atom is 0.534 e. The number of rotatable bonds is 3. The number of hydrogen-bond donors (Lipinski definition) is 0. The summed E-state index contributed by atoms with van der Waals surface area (Å²) in [5.74, 6) is -0.219. The van der Waals surface area contributed by atoms with E-state index < -0.39 is 21.2 Å². The van der Waals surface area contributed by atoms with Gasteiger partial charge in [-0.25, -0.2) is 0 Å². The highest BCUT2D eigenvalue weighted by Crippen LogP contribution is 2.30. The molecule has 1 heterocycles. The standard InChI is InChI=1S/C11H18F3NO4S/c1-8-7-9(18-20(16,17)11(12,13)14)5-6-15(8)19-10(2,3)4/h5,8H,6-7H2,1-4H3. The maximum atomic E-state index is 12.2. The van der Waals surface area contributed by atoms with Crippen LogP contribution < -0.4 is 0 Å².